The minimum absolute atomic E-state index is 0.0189. The number of para-hydroxylation sites is 1. The van der Waals surface area contributed by atoms with Crippen LogP contribution in [0.5, 0.6) is 0 Å². The first-order valence-electron chi connectivity index (χ1n) is 10.5. The van der Waals surface area contributed by atoms with Gasteiger partial charge in [-0.15, -0.1) is 0 Å². The Morgan fingerprint density at radius 2 is 1.61 bits per heavy atom. The van der Waals surface area contributed by atoms with Crippen LogP contribution in [0.2, 0.25) is 0 Å². The largest absolute Gasteiger partial charge is 0.368 e. The van der Waals surface area contributed by atoms with Gasteiger partial charge < -0.3 is 20.4 Å². The van der Waals surface area contributed by atoms with Crippen LogP contribution < -0.4 is 15.5 Å². The number of rotatable bonds is 6. The third-order valence-corrected chi connectivity index (χ3v) is 5.60. The molecule has 0 unspecified atom stereocenters. The Morgan fingerprint density at radius 3 is 2.29 bits per heavy atom. The highest BCUT2D eigenvalue weighted by atomic mass is 16.2. The van der Waals surface area contributed by atoms with Gasteiger partial charge in [0.15, 0.2) is 0 Å². The van der Waals surface area contributed by atoms with Crippen LogP contribution in [0.25, 0.3) is 11.1 Å². The zero-order valence-corrected chi connectivity index (χ0v) is 17.8. The normalized spacial score (nSPS) is 13.9. The third kappa shape index (κ3) is 5.00. The van der Waals surface area contributed by atoms with Crippen molar-refractivity contribution in [1.29, 1.82) is 0 Å². The van der Waals surface area contributed by atoms with Crippen molar-refractivity contribution < 1.29 is 4.79 Å². The first-order valence-corrected chi connectivity index (χ1v) is 10.5. The first kappa shape index (κ1) is 20.8. The number of anilines is 2. The smallest absolute Gasteiger partial charge is 0.236 e. The summed E-state index contributed by atoms with van der Waals surface area (Å²) in [6, 6.07) is 18.6. The van der Waals surface area contributed by atoms with Crippen molar-refractivity contribution in [3.05, 3.63) is 72.6 Å². The molecule has 1 aliphatic rings. The van der Waals surface area contributed by atoms with E-state index in [0.717, 1.165) is 48.8 Å². The maximum absolute atomic E-state index is 11.7. The number of nitrogens with two attached hydrogens (primary N) is 1. The molecule has 0 atom stereocenters. The van der Waals surface area contributed by atoms with Crippen LogP contribution in [0.3, 0.4) is 0 Å². The molecule has 7 heteroatoms. The molecular formula is C24H28N6O. The zero-order valence-electron chi connectivity index (χ0n) is 17.8. The number of carbonyl (C=O) groups excluding carboxylic acids is 1. The van der Waals surface area contributed by atoms with Gasteiger partial charge in [0, 0.05) is 63.4 Å². The molecule has 1 aromatic heterocycles. The number of carbonyl (C=O) groups is 1. The van der Waals surface area contributed by atoms with Gasteiger partial charge in [-0.1, -0.05) is 36.4 Å². The van der Waals surface area contributed by atoms with Gasteiger partial charge in [0.05, 0.1) is 6.54 Å². The molecule has 2 aromatic carbocycles. The molecule has 0 spiro atoms. The number of benzene rings is 2. The predicted octanol–water partition coefficient (Wildman–Crippen LogP) is 2.39. The van der Waals surface area contributed by atoms with Crippen LogP contribution in [-0.4, -0.2) is 60.5 Å². The Labute approximate surface area is 183 Å². The minimum Gasteiger partial charge on any atom is -0.368 e. The van der Waals surface area contributed by atoms with Crippen molar-refractivity contribution in [3.63, 3.8) is 0 Å². The van der Waals surface area contributed by atoms with Crippen LogP contribution in [0.4, 0.5) is 11.6 Å². The summed E-state index contributed by atoms with van der Waals surface area (Å²) in [5, 5.41) is 0. The van der Waals surface area contributed by atoms with E-state index in [-0.39, 0.29) is 12.5 Å². The van der Waals surface area contributed by atoms with Gasteiger partial charge in [0.2, 0.25) is 11.9 Å². The van der Waals surface area contributed by atoms with E-state index in [2.05, 4.69) is 50.1 Å². The molecule has 0 aliphatic carbocycles. The van der Waals surface area contributed by atoms with E-state index in [1.165, 1.54) is 5.69 Å². The third-order valence-electron chi connectivity index (χ3n) is 5.60. The van der Waals surface area contributed by atoms with E-state index in [9.17, 15) is 4.79 Å². The lowest BCUT2D eigenvalue weighted by molar-refractivity contribution is -0.128. The quantitative estimate of drug-likeness (QED) is 0.665. The lowest BCUT2D eigenvalue weighted by Crippen LogP contribution is -2.47. The van der Waals surface area contributed by atoms with E-state index >= 15 is 0 Å². The van der Waals surface area contributed by atoms with Gasteiger partial charge in [-0.05, 0) is 29.3 Å². The van der Waals surface area contributed by atoms with Gasteiger partial charge in [0.25, 0.3) is 0 Å². The molecule has 1 aliphatic heterocycles. The average molecular weight is 417 g/mol. The predicted molar refractivity (Wildman–Crippen MR) is 124 cm³/mol. The second kappa shape index (κ2) is 9.57. The summed E-state index contributed by atoms with van der Waals surface area (Å²) in [7, 11) is 1.76. The number of piperazine rings is 1. The molecule has 4 rings (SSSR count). The highest BCUT2D eigenvalue weighted by Crippen LogP contribution is 2.22. The van der Waals surface area contributed by atoms with E-state index in [1.807, 2.05) is 36.7 Å². The molecule has 0 radical (unpaired) electrons. The molecular weight excluding hydrogens is 388 g/mol. The lowest BCUT2D eigenvalue weighted by atomic mass is 10.1. The van der Waals surface area contributed by atoms with Crippen molar-refractivity contribution in [2.45, 2.75) is 6.54 Å². The van der Waals surface area contributed by atoms with Crippen LogP contribution >= 0.6 is 0 Å². The summed E-state index contributed by atoms with van der Waals surface area (Å²) in [4.78, 5) is 27.2. The fraction of sp³-hybridized carbons (Fsp3) is 0.292. The highest BCUT2D eigenvalue weighted by Gasteiger charge is 2.19. The van der Waals surface area contributed by atoms with E-state index in [1.54, 1.807) is 11.9 Å². The molecule has 2 heterocycles. The minimum atomic E-state index is -0.0783. The van der Waals surface area contributed by atoms with E-state index < -0.39 is 0 Å². The second-order valence-electron chi connectivity index (χ2n) is 7.74. The molecule has 2 N–H and O–H groups in total. The molecule has 7 nitrogen and oxygen atoms in total. The van der Waals surface area contributed by atoms with E-state index in [0.29, 0.717) is 6.54 Å². The van der Waals surface area contributed by atoms with Crippen LogP contribution in [0, 0.1) is 0 Å². The fourth-order valence-electron chi connectivity index (χ4n) is 3.80. The van der Waals surface area contributed by atoms with Crippen LogP contribution in [0.15, 0.2) is 67.0 Å². The van der Waals surface area contributed by atoms with E-state index in [4.69, 9.17) is 5.73 Å². The maximum Gasteiger partial charge on any atom is 0.236 e. The molecule has 31 heavy (non-hydrogen) atoms. The molecule has 0 bridgehead atoms. The number of hydrogen-bond donors (Lipinski definition) is 1. The van der Waals surface area contributed by atoms with Crippen molar-refractivity contribution >= 4 is 17.5 Å². The average Bonchev–Trinajstić information content (AvgIpc) is 2.84. The van der Waals surface area contributed by atoms with Gasteiger partial charge in [0.1, 0.15) is 0 Å². The molecule has 0 saturated carbocycles. The Balaban J connectivity index is 1.40. The highest BCUT2D eigenvalue weighted by molar-refractivity contribution is 5.77. The molecule has 1 amide bonds. The van der Waals surface area contributed by atoms with Crippen molar-refractivity contribution in [3.8, 4) is 11.1 Å². The summed E-state index contributed by atoms with van der Waals surface area (Å²) in [6.45, 7) is 4.23. The Hall–Kier alpha value is -3.45. The standard InChI is InChI=1S/C24H28N6O/c1-28(23(31)15-25)18-19-6-5-7-20(14-19)21-16-26-24(27-17-21)30-12-10-29(11-13-30)22-8-3-2-4-9-22/h2-9,14,16-17H,10-13,15,18,25H2,1H3. The van der Waals surface area contributed by atoms with Crippen LogP contribution in [0.1, 0.15) is 5.56 Å². The van der Waals surface area contributed by atoms with Crippen molar-refractivity contribution in [1.82, 2.24) is 14.9 Å². The summed E-state index contributed by atoms with van der Waals surface area (Å²) in [6.07, 6.45) is 3.75. The van der Waals surface area contributed by atoms with Gasteiger partial charge in [-0.25, -0.2) is 9.97 Å². The second-order valence-corrected chi connectivity index (χ2v) is 7.74. The van der Waals surface area contributed by atoms with Gasteiger partial charge >= 0.3 is 0 Å². The topological polar surface area (TPSA) is 78.6 Å². The fourth-order valence-corrected chi connectivity index (χ4v) is 3.80. The summed E-state index contributed by atoms with van der Waals surface area (Å²) in [5.74, 6) is 0.686. The maximum atomic E-state index is 11.7. The van der Waals surface area contributed by atoms with Crippen molar-refractivity contribution in [2.24, 2.45) is 5.73 Å². The molecule has 1 saturated heterocycles. The summed E-state index contributed by atoms with van der Waals surface area (Å²) in [5.41, 5.74) is 9.74. The number of nitrogens with zero attached hydrogens (tertiary/aromatic N) is 5. The Kier molecular flexibility index (Phi) is 6.43. The van der Waals surface area contributed by atoms with Gasteiger partial charge in [-0.3, -0.25) is 4.79 Å². The zero-order chi connectivity index (χ0) is 21.6. The molecule has 3 aromatic rings. The van der Waals surface area contributed by atoms with Crippen molar-refractivity contribution in [2.75, 3.05) is 49.6 Å². The SMILES string of the molecule is CN(Cc1cccc(-c2cnc(N3CCN(c4ccccc4)CC3)nc2)c1)C(=O)CN. The van der Waals surface area contributed by atoms with Crippen LogP contribution in [-0.2, 0) is 11.3 Å². The summed E-state index contributed by atoms with van der Waals surface area (Å²) < 4.78 is 0. The molecule has 1 fully saturated rings. The lowest BCUT2D eigenvalue weighted by Gasteiger charge is -2.36. The molecule has 160 valence electrons. The monoisotopic (exact) mass is 416 g/mol. The first-order chi connectivity index (χ1) is 15.1. The van der Waals surface area contributed by atoms with Gasteiger partial charge in [-0.2, -0.15) is 0 Å². The number of aromatic nitrogens is 2. The Morgan fingerprint density at radius 1 is 0.935 bits per heavy atom. The Bertz CT molecular complexity index is 1000. The number of amides is 1. The number of likely N-dealkylation sites (N-methyl/N-ethyl adjacent to an activating group) is 1. The number of hydrogen-bond acceptors (Lipinski definition) is 6. The summed E-state index contributed by atoms with van der Waals surface area (Å²) >= 11 is 0.